The summed E-state index contributed by atoms with van der Waals surface area (Å²) in [5.41, 5.74) is 4.98. The molecule has 1 aliphatic rings. The summed E-state index contributed by atoms with van der Waals surface area (Å²) in [4.78, 5) is 27.2. The van der Waals surface area contributed by atoms with Gasteiger partial charge in [0.2, 0.25) is 0 Å². The van der Waals surface area contributed by atoms with Crippen LogP contribution in [0.3, 0.4) is 0 Å². The number of nitrogens with one attached hydrogen (secondary N) is 2. The minimum atomic E-state index is -4.91. The van der Waals surface area contributed by atoms with Gasteiger partial charge in [0.25, 0.3) is 11.7 Å². The molecular weight excluding hydrogens is 311 g/mol. The summed E-state index contributed by atoms with van der Waals surface area (Å²) in [7, 11) is 0. The highest BCUT2D eigenvalue weighted by Gasteiger charge is 2.41. The summed E-state index contributed by atoms with van der Waals surface area (Å²) >= 11 is 0. The Labute approximate surface area is 130 Å². The molecule has 5 nitrogen and oxygen atoms in total. The highest BCUT2D eigenvalue weighted by molar-refractivity contribution is 6.00. The molecule has 1 aromatic rings. The lowest BCUT2D eigenvalue weighted by Gasteiger charge is -2.16. The van der Waals surface area contributed by atoms with E-state index in [9.17, 15) is 22.8 Å². The summed E-state index contributed by atoms with van der Waals surface area (Å²) in [6, 6.07) is 2.94. The van der Waals surface area contributed by atoms with Crippen molar-refractivity contribution in [3.63, 3.8) is 0 Å². The Bertz CT molecular complexity index is 612. The first kappa shape index (κ1) is 17.0. The Morgan fingerprint density at radius 2 is 1.70 bits per heavy atom. The van der Waals surface area contributed by atoms with Gasteiger partial charge in [-0.15, -0.1) is 0 Å². The van der Waals surface area contributed by atoms with Crippen LogP contribution in [0.25, 0.3) is 0 Å². The van der Waals surface area contributed by atoms with E-state index in [4.69, 9.17) is 0 Å². The molecule has 0 aromatic carbocycles. The van der Waals surface area contributed by atoms with Crippen molar-refractivity contribution in [2.75, 3.05) is 0 Å². The van der Waals surface area contributed by atoms with Crippen molar-refractivity contribution in [3.8, 4) is 0 Å². The number of carbonyl (C=O) groups is 2. The van der Waals surface area contributed by atoms with Crippen molar-refractivity contribution >= 4 is 11.7 Å². The van der Waals surface area contributed by atoms with Gasteiger partial charge < -0.3 is 5.43 Å². The number of allylic oxidation sites excluding steroid dienone is 2. The lowest BCUT2D eigenvalue weighted by atomic mass is 10.0. The van der Waals surface area contributed by atoms with Gasteiger partial charge in [-0.25, -0.2) is 0 Å². The second-order valence-electron chi connectivity index (χ2n) is 5.16. The third-order valence-electron chi connectivity index (χ3n) is 3.52. The van der Waals surface area contributed by atoms with E-state index < -0.39 is 17.9 Å². The van der Waals surface area contributed by atoms with Crippen molar-refractivity contribution in [2.45, 2.75) is 38.3 Å². The summed E-state index contributed by atoms with van der Waals surface area (Å²) < 4.78 is 38.1. The number of hydrazine groups is 1. The summed E-state index contributed by atoms with van der Waals surface area (Å²) in [6.07, 6.45) is 0.180. The van der Waals surface area contributed by atoms with Crippen molar-refractivity contribution in [2.24, 2.45) is 0 Å². The maximum absolute atomic E-state index is 12.7. The van der Waals surface area contributed by atoms with E-state index in [1.54, 1.807) is 0 Å². The molecule has 0 unspecified atom stereocenters. The molecule has 0 saturated heterocycles. The average Bonchev–Trinajstić information content (AvgIpc) is 2.77. The van der Waals surface area contributed by atoms with Gasteiger partial charge in [-0.2, -0.15) is 13.2 Å². The zero-order chi connectivity index (χ0) is 16.9. The molecule has 0 atom stereocenters. The van der Waals surface area contributed by atoms with E-state index in [1.165, 1.54) is 24.5 Å². The Kier molecular flexibility index (Phi) is 5.36. The van der Waals surface area contributed by atoms with E-state index in [0.29, 0.717) is 18.4 Å². The second kappa shape index (κ2) is 7.26. The number of nitrogens with zero attached hydrogens (tertiary/aromatic N) is 1. The molecule has 0 fully saturated rings. The van der Waals surface area contributed by atoms with Crippen LogP contribution >= 0.6 is 0 Å². The maximum atomic E-state index is 12.7. The van der Waals surface area contributed by atoms with Crippen LogP contribution in [-0.4, -0.2) is 22.9 Å². The van der Waals surface area contributed by atoms with Crippen LogP contribution in [0.5, 0.6) is 0 Å². The van der Waals surface area contributed by atoms with Crippen molar-refractivity contribution < 1.29 is 22.8 Å². The van der Waals surface area contributed by atoms with Gasteiger partial charge in [-0.1, -0.05) is 6.42 Å². The van der Waals surface area contributed by atoms with Gasteiger partial charge >= 0.3 is 6.18 Å². The first-order valence-corrected chi connectivity index (χ1v) is 7.19. The van der Waals surface area contributed by atoms with Crippen LogP contribution in [0.4, 0.5) is 13.2 Å². The summed E-state index contributed by atoms with van der Waals surface area (Å²) in [6.45, 7) is 0. The number of carbonyl (C=O) groups excluding carboxylic acids is 2. The average molecular weight is 327 g/mol. The van der Waals surface area contributed by atoms with Crippen LogP contribution in [0.2, 0.25) is 0 Å². The fourth-order valence-corrected chi connectivity index (χ4v) is 2.35. The minimum absolute atomic E-state index is 0.0474. The third kappa shape index (κ3) is 4.54. The fraction of sp³-hybridized carbons (Fsp3) is 0.400. The second-order valence-corrected chi connectivity index (χ2v) is 5.16. The van der Waals surface area contributed by atoms with Gasteiger partial charge in [0.05, 0.1) is 0 Å². The molecule has 0 radical (unpaired) electrons. The minimum Gasteiger partial charge on any atom is -0.302 e. The first-order valence-electron chi connectivity index (χ1n) is 7.19. The van der Waals surface area contributed by atoms with Gasteiger partial charge in [-0.05, 0) is 37.8 Å². The van der Waals surface area contributed by atoms with Gasteiger partial charge in [0.15, 0.2) is 0 Å². The smallest absolute Gasteiger partial charge is 0.302 e. The Balaban J connectivity index is 2.14. The lowest BCUT2D eigenvalue weighted by molar-refractivity contribution is -0.166. The highest BCUT2D eigenvalue weighted by atomic mass is 19.4. The molecule has 0 saturated carbocycles. The Hall–Kier alpha value is -2.38. The molecule has 2 rings (SSSR count). The normalized spacial score (nSPS) is 15.8. The van der Waals surface area contributed by atoms with Crippen molar-refractivity contribution in [3.05, 3.63) is 41.4 Å². The molecule has 124 valence electrons. The van der Waals surface area contributed by atoms with Crippen LogP contribution < -0.4 is 10.9 Å². The number of alkyl halides is 3. The van der Waals surface area contributed by atoms with Gasteiger partial charge in [-0.3, -0.25) is 20.0 Å². The standard InChI is InChI=1S/C15H16F3N3O2/c16-15(17,18)13(22)11-4-2-1-3-5-12(11)20-21-14(23)10-6-8-19-9-7-10/h6-9,20H,1-5H2,(H,21,23). The first-order chi connectivity index (χ1) is 10.9. The van der Waals surface area contributed by atoms with Crippen LogP contribution in [0.1, 0.15) is 42.5 Å². The number of rotatable bonds is 4. The van der Waals surface area contributed by atoms with E-state index >= 15 is 0 Å². The molecule has 8 heteroatoms. The molecular formula is C15H16F3N3O2. The zero-order valence-corrected chi connectivity index (χ0v) is 12.2. The Morgan fingerprint density at radius 1 is 1.04 bits per heavy atom. The molecule has 23 heavy (non-hydrogen) atoms. The number of hydrogen-bond acceptors (Lipinski definition) is 4. The number of Topliss-reactive ketones (excluding diaryl/α,β-unsaturated/α-hetero) is 1. The van der Waals surface area contributed by atoms with E-state index in [2.05, 4.69) is 15.8 Å². The van der Waals surface area contributed by atoms with Crippen LogP contribution in [0.15, 0.2) is 35.8 Å². The van der Waals surface area contributed by atoms with E-state index in [0.717, 1.165) is 6.42 Å². The molecule has 1 aliphatic carbocycles. The number of halogens is 3. The number of aromatic nitrogens is 1. The molecule has 0 spiro atoms. The van der Waals surface area contributed by atoms with E-state index in [1.807, 2.05) is 0 Å². The maximum Gasteiger partial charge on any atom is 0.454 e. The largest absolute Gasteiger partial charge is 0.454 e. The molecule has 2 N–H and O–H groups in total. The summed E-state index contributed by atoms with van der Waals surface area (Å²) in [5.74, 6) is -2.36. The van der Waals surface area contributed by atoms with E-state index in [-0.39, 0.29) is 24.1 Å². The molecule has 1 aromatic heterocycles. The van der Waals surface area contributed by atoms with Gasteiger partial charge in [0, 0.05) is 29.2 Å². The third-order valence-corrected chi connectivity index (χ3v) is 3.52. The number of hydrogen-bond donors (Lipinski definition) is 2. The summed E-state index contributed by atoms with van der Waals surface area (Å²) in [5, 5.41) is 0. The Morgan fingerprint density at radius 3 is 2.35 bits per heavy atom. The zero-order valence-electron chi connectivity index (χ0n) is 12.2. The predicted molar refractivity (Wildman–Crippen MR) is 76.0 cm³/mol. The lowest BCUT2D eigenvalue weighted by Crippen LogP contribution is -2.38. The fourth-order valence-electron chi connectivity index (χ4n) is 2.35. The van der Waals surface area contributed by atoms with Crippen molar-refractivity contribution in [1.82, 2.24) is 15.8 Å². The molecule has 0 aliphatic heterocycles. The predicted octanol–water partition coefficient (Wildman–Crippen LogP) is 2.67. The SMILES string of the molecule is O=C(NNC1=C(C(=O)C(F)(F)F)CCCCC1)c1ccncc1. The quantitative estimate of drug-likeness (QED) is 0.834. The molecule has 0 bridgehead atoms. The van der Waals surface area contributed by atoms with Crippen LogP contribution in [0, 0.1) is 0 Å². The topological polar surface area (TPSA) is 71.1 Å². The molecule has 1 heterocycles. The van der Waals surface area contributed by atoms with Crippen LogP contribution in [-0.2, 0) is 4.79 Å². The monoisotopic (exact) mass is 327 g/mol. The molecule has 1 amide bonds. The highest BCUT2D eigenvalue weighted by Crippen LogP contribution is 2.29. The number of ketones is 1. The number of pyridine rings is 1. The number of amides is 1. The van der Waals surface area contributed by atoms with Crippen molar-refractivity contribution in [1.29, 1.82) is 0 Å². The van der Waals surface area contributed by atoms with Gasteiger partial charge in [0.1, 0.15) is 0 Å².